The van der Waals surface area contributed by atoms with Crippen LogP contribution in [0.4, 0.5) is 10.1 Å². The molecule has 2 heterocycles. The topological polar surface area (TPSA) is 87.2 Å². The highest BCUT2D eigenvalue weighted by Crippen LogP contribution is 2.40. The van der Waals surface area contributed by atoms with Gasteiger partial charge in [0.15, 0.2) is 0 Å². The first kappa shape index (κ1) is 18.1. The third-order valence-corrected chi connectivity index (χ3v) is 6.10. The SMILES string of the molecule is CS(=O)(=O)N(CC(=O)N1C[C@H]2COC[C@@]2(CO)C1)c1cccc(F)c1. The second kappa shape index (κ2) is 6.54. The van der Waals surface area contributed by atoms with Gasteiger partial charge in [-0.05, 0) is 18.2 Å². The largest absolute Gasteiger partial charge is 0.396 e. The Hall–Kier alpha value is -1.71. The van der Waals surface area contributed by atoms with E-state index in [-0.39, 0.29) is 24.1 Å². The van der Waals surface area contributed by atoms with Gasteiger partial charge in [-0.25, -0.2) is 12.8 Å². The molecule has 25 heavy (non-hydrogen) atoms. The minimum atomic E-state index is -3.75. The predicted molar refractivity (Wildman–Crippen MR) is 89.0 cm³/mol. The molecule has 2 aliphatic rings. The lowest BCUT2D eigenvalue weighted by atomic mass is 9.82. The van der Waals surface area contributed by atoms with Crippen LogP contribution in [0.3, 0.4) is 0 Å². The first-order valence-corrected chi connectivity index (χ1v) is 9.80. The van der Waals surface area contributed by atoms with Crippen LogP contribution in [-0.4, -0.2) is 70.0 Å². The van der Waals surface area contributed by atoms with E-state index in [9.17, 15) is 22.7 Å². The number of nitrogens with zero attached hydrogens (tertiary/aromatic N) is 2. The summed E-state index contributed by atoms with van der Waals surface area (Å²) in [6, 6.07) is 5.12. The Labute approximate surface area is 146 Å². The number of anilines is 1. The molecule has 2 fully saturated rings. The molecule has 0 aliphatic carbocycles. The van der Waals surface area contributed by atoms with E-state index < -0.39 is 27.8 Å². The highest BCUT2D eigenvalue weighted by molar-refractivity contribution is 7.92. The number of sulfonamides is 1. The molecule has 1 aromatic carbocycles. The molecule has 138 valence electrons. The maximum Gasteiger partial charge on any atom is 0.243 e. The first-order valence-electron chi connectivity index (χ1n) is 7.95. The molecular formula is C16H21FN2O5S. The second-order valence-electron chi connectivity index (χ2n) is 6.76. The fourth-order valence-electron chi connectivity index (χ4n) is 3.50. The van der Waals surface area contributed by atoms with Crippen molar-refractivity contribution in [2.45, 2.75) is 0 Å². The van der Waals surface area contributed by atoms with E-state index in [1.54, 1.807) is 4.90 Å². The summed E-state index contributed by atoms with van der Waals surface area (Å²) < 4.78 is 43.9. The predicted octanol–water partition coefficient (Wildman–Crippen LogP) is 0.0590. The monoisotopic (exact) mass is 372 g/mol. The lowest BCUT2D eigenvalue weighted by Gasteiger charge is -2.27. The summed E-state index contributed by atoms with van der Waals surface area (Å²) in [4.78, 5) is 14.2. The summed E-state index contributed by atoms with van der Waals surface area (Å²) in [7, 11) is -3.75. The smallest absolute Gasteiger partial charge is 0.243 e. The molecular weight excluding hydrogens is 351 g/mol. The van der Waals surface area contributed by atoms with Gasteiger partial charge < -0.3 is 14.7 Å². The van der Waals surface area contributed by atoms with Crippen LogP contribution in [0.25, 0.3) is 0 Å². The number of rotatable bonds is 5. The average Bonchev–Trinajstić information content (AvgIpc) is 3.08. The number of hydrogen-bond acceptors (Lipinski definition) is 5. The fourth-order valence-corrected chi connectivity index (χ4v) is 4.34. The maximum absolute atomic E-state index is 13.4. The van der Waals surface area contributed by atoms with Gasteiger partial charge in [0.2, 0.25) is 15.9 Å². The summed E-state index contributed by atoms with van der Waals surface area (Å²) in [6.07, 6.45) is 0.979. The Balaban J connectivity index is 1.78. The fraction of sp³-hybridized carbons (Fsp3) is 0.562. The molecule has 2 atom stereocenters. The number of likely N-dealkylation sites (tertiary alicyclic amines) is 1. The van der Waals surface area contributed by atoms with Crippen molar-refractivity contribution in [2.75, 3.05) is 50.0 Å². The number of benzene rings is 1. The zero-order valence-corrected chi connectivity index (χ0v) is 14.7. The zero-order chi connectivity index (χ0) is 18.2. The number of hydrogen-bond donors (Lipinski definition) is 1. The molecule has 1 aromatic rings. The number of aliphatic hydroxyl groups is 1. The second-order valence-corrected chi connectivity index (χ2v) is 8.66. The lowest BCUT2D eigenvalue weighted by Crippen LogP contribution is -2.43. The highest BCUT2D eigenvalue weighted by Gasteiger charge is 2.51. The Bertz CT molecular complexity index is 772. The Morgan fingerprint density at radius 3 is 2.88 bits per heavy atom. The number of ether oxygens (including phenoxy) is 1. The highest BCUT2D eigenvalue weighted by atomic mass is 32.2. The van der Waals surface area contributed by atoms with E-state index in [0.717, 1.165) is 16.6 Å². The molecule has 3 rings (SSSR count). The van der Waals surface area contributed by atoms with Crippen molar-refractivity contribution in [1.82, 2.24) is 4.90 Å². The third-order valence-electron chi connectivity index (χ3n) is 4.96. The molecule has 0 unspecified atom stereocenters. The van der Waals surface area contributed by atoms with Gasteiger partial charge in [0.05, 0.1) is 31.8 Å². The molecule has 0 spiro atoms. The van der Waals surface area contributed by atoms with Crippen LogP contribution in [0.15, 0.2) is 24.3 Å². The molecule has 1 N–H and O–H groups in total. The number of carbonyl (C=O) groups excluding carboxylic acids is 1. The zero-order valence-electron chi connectivity index (χ0n) is 13.9. The van der Waals surface area contributed by atoms with Gasteiger partial charge in [0, 0.05) is 24.4 Å². The maximum atomic E-state index is 13.4. The molecule has 1 amide bonds. The Kier molecular flexibility index (Phi) is 4.74. The van der Waals surface area contributed by atoms with Crippen LogP contribution in [0, 0.1) is 17.2 Å². The van der Waals surface area contributed by atoms with Crippen LogP contribution in [0.5, 0.6) is 0 Å². The molecule has 7 nitrogen and oxygen atoms in total. The van der Waals surface area contributed by atoms with E-state index in [4.69, 9.17) is 4.74 Å². The average molecular weight is 372 g/mol. The third kappa shape index (κ3) is 3.49. The van der Waals surface area contributed by atoms with Gasteiger partial charge in [-0.1, -0.05) is 6.07 Å². The van der Waals surface area contributed by atoms with Crippen molar-refractivity contribution in [2.24, 2.45) is 11.3 Å². The number of aliphatic hydroxyl groups excluding tert-OH is 1. The van der Waals surface area contributed by atoms with Crippen LogP contribution >= 0.6 is 0 Å². The Morgan fingerprint density at radius 2 is 2.28 bits per heavy atom. The quantitative estimate of drug-likeness (QED) is 0.790. The Morgan fingerprint density at radius 1 is 1.52 bits per heavy atom. The number of fused-ring (bicyclic) bond motifs is 1. The molecule has 2 aliphatic heterocycles. The summed E-state index contributed by atoms with van der Waals surface area (Å²) in [5, 5.41) is 9.68. The molecule has 9 heteroatoms. The van der Waals surface area contributed by atoms with Crippen molar-refractivity contribution in [3.8, 4) is 0 Å². The number of carbonyl (C=O) groups is 1. The van der Waals surface area contributed by atoms with E-state index in [0.29, 0.717) is 26.3 Å². The van der Waals surface area contributed by atoms with E-state index in [2.05, 4.69) is 0 Å². The molecule has 0 bridgehead atoms. The van der Waals surface area contributed by atoms with Crippen LogP contribution < -0.4 is 4.31 Å². The summed E-state index contributed by atoms with van der Waals surface area (Å²) in [5.41, 5.74) is -0.361. The van der Waals surface area contributed by atoms with Gasteiger partial charge in [0.1, 0.15) is 12.4 Å². The molecule has 0 radical (unpaired) electrons. The van der Waals surface area contributed by atoms with Gasteiger partial charge >= 0.3 is 0 Å². The summed E-state index contributed by atoms with van der Waals surface area (Å²) in [6.45, 7) is 1.12. The van der Waals surface area contributed by atoms with Crippen LogP contribution in [-0.2, 0) is 19.6 Å². The van der Waals surface area contributed by atoms with Crippen LogP contribution in [0.1, 0.15) is 0 Å². The van der Waals surface area contributed by atoms with E-state index >= 15 is 0 Å². The summed E-state index contributed by atoms with van der Waals surface area (Å²) >= 11 is 0. The van der Waals surface area contributed by atoms with Gasteiger partial charge in [-0.3, -0.25) is 9.10 Å². The van der Waals surface area contributed by atoms with Crippen molar-refractivity contribution in [1.29, 1.82) is 0 Å². The minimum Gasteiger partial charge on any atom is -0.396 e. The van der Waals surface area contributed by atoms with Gasteiger partial charge in [-0.15, -0.1) is 0 Å². The lowest BCUT2D eigenvalue weighted by molar-refractivity contribution is -0.129. The van der Waals surface area contributed by atoms with Crippen molar-refractivity contribution in [3.05, 3.63) is 30.1 Å². The number of amides is 1. The van der Waals surface area contributed by atoms with Gasteiger partial charge in [0.25, 0.3) is 0 Å². The summed E-state index contributed by atoms with van der Waals surface area (Å²) in [5.74, 6) is -0.912. The normalized spacial score (nSPS) is 25.9. The van der Waals surface area contributed by atoms with Gasteiger partial charge in [-0.2, -0.15) is 0 Å². The van der Waals surface area contributed by atoms with Crippen molar-refractivity contribution in [3.63, 3.8) is 0 Å². The van der Waals surface area contributed by atoms with E-state index in [1.807, 2.05) is 0 Å². The van der Waals surface area contributed by atoms with Crippen LogP contribution in [0.2, 0.25) is 0 Å². The minimum absolute atomic E-state index is 0.0438. The number of halogens is 1. The molecule has 2 saturated heterocycles. The van der Waals surface area contributed by atoms with E-state index in [1.165, 1.54) is 18.2 Å². The molecule has 0 saturated carbocycles. The first-order chi connectivity index (χ1) is 11.7. The molecule has 0 aromatic heterocycles. The van der Waals surface area contributed by atoms with Crippen molar-refractivity contribution < 1.29 is 27.4 Å². The van der Waals surface area contributed by atoms with Crippen molar-refractivity contribution >= 4 is 21.6 Å². The standard InChI is InChI=1S/C16H21FN2O5S/c1-25(22,23)19(14-4-2-3-13(17)5-14)7-15(21)18-6-12-8-24-11-16(12,9-18)10-20/h2-5,12,20H,6-11H2,1H3/t12-,16-/m0/s1.